The Morgan fingerprint density at radius 1 is 1.20 bits per heavy atom. The van der Waals surface area contributed by atoms with Crippen LogP contribution in [-0.2, 0) is 11.3 Å². The molecular weight excluding hydrogens is 378 g/mol. The molecular formula is C23H31N5O2. The van der Waals surface area contributed by atoms with Crippen molar-refractivity contribution in [3.05, 3.63) is 53.2 Å². The summed E-state index contributed by atoms with van der Waals surface area (Å²) in [6.07, 6.45) is 2.85. The van der Waals surface area contributed by atoms with E-state index in [9.17, 15) is 4.79 Å². The van der Waals surface area contributed by atoms with E-state index in [4.69, 9.17) is 4.74 Å². The van der Waals surface area contributed by atoms with Crippen molar-refractivity contribution < 1.29 is 9.53 Å². The molecule has 1 aromatic carbocycles. The van der Waals surface area contributed by atoms with Gasteiger partial charge in [-0.15, -0.1) is 0 Å². The van der Waals surface area contributed by atoms with Crippen LogP contribution in [0, 0.1) is 19.8 Å². The van der Waals surface area contributed by atoms with Gasteiger partial charge >= 0.3 is 0 Å². The summed E-state index contributed by atoms with van der Waals surface area (Å²) in [6, 6.07) is 11.8. The van der Waals surface area contributed by atoms with Gasteiger partial charge in [0.05, 0.1) is 6.61 Å². The summed E-state index contributed by atoms with van der Waals surface area (Å²) in [5.41, 5.74) is 3.14. The number of nitrogens with zero attached hydrogens (tertiary/aromatic N) is 2. The maximum Gasteiger partial charge on any atom is 0.227 e. The highest BCUT2D eigenvalue weighted by Crippen LogP contribution is 2.30. The molecule has 1 aromatic heterocycles. The lowest BCUT2D eigenvalue weighted by Gasteiger charge is -2.15. The molecule has 160 valence electrons. The van der Waals surface area contributed by atoms with Crippen molar-refractivity contribution in [1.82, 2.24) is 15.6 Å². The first-order valence-corrected chi connectivity index (χ1v) is 10.4. The summed E-state index contributed by atoms with van der Waals surface area (Å²) in [7, 11) is 1.71. The predicted molar refractivity (Wildman–Crippen MR) is 120 cm³/mol. The number of guanidine groups is 1. The molecule has 0 spiro atoms. The Hall–Kier alpha value is -3.09. The first kappa shape index (κ1) is 21.6. The van der Waals surface area contributed by atoms with Gasteiger partial charge in [-0.2, -0.15) is 0 Å². The standard InChI is InChI=1S/C23H31N5O2/c1-16-7-10-19(20(13-16)30-15-18-8-9-18)14-26-23(24-3)25-12-11-22(29)28-21-6-4-5-17(2)27-21/h4-7,10,13,18H,8-9,11-12,14-15H2,1-3H3,(H2,24,25,26)(H,27,28,29). The molecule has 1 amide bonds. The SMILES string of the molecule is CN=C(NCCC(=O)Nc1cccc(C)n1)NCc1ccc(C)cc1OCC1CC1. The number of ether oxygens (including phenoxy) is 1. The monoisotopic (exact) mass is 409 g/mol. The number of carbonyl (C=O) groups is 1. The summed E-state index contributed by atoms with van der Waals surface area (Å²) in [4.78, 5) is 20.6. The van der Waals surface area contributed by atoms with Crippen molar-refractivity contribution in [2.75, 3.05) is 25.5 Å². The number of nitrogens with one attached hydrogen (secondary N) is 3. The van der Waals surface area contributed by atoms with E-state index in [0.29, 0.717) is 37.2 Å². The molecule has 30 heavy (non-hydrogen) atoms. The molecule has 3 N–H and O–H groups in total. The Morgan fingerprint density at radius 2 is 2.03 bits per heavy atom. The third-order valence-corrected chi connectivity index (χ3v) is 4.86. The average Bonchev–Trinajstić information content (AvgIpc) is 3.54. The number of benzene rings is 1. The Morgan fingerprint density at radius 3 is 2.77 bits per heavy atom. The Balaban J connectivity index is 1.44. The normalized spacial score (nSPS) is 13.6. The summed E-state index contributed by atoms with van der Waals surface area (Å²) in [5.74, 6) is 2.76. The van der Waals surface area contributed by atoms with Crippen molar-refractivity contribution >= 4 is 17.7 Å². The molecule has 0 atom stereocenters. The molecule has 1 aliphatic carbocycles. The Kier molecular flexibility index (Phi) is 7.65. The molecule has 1 aliphatic rings. The van der Waals surface area contributed by atoms with Gasteiger partial charge in [0.1, 0.15) is 11.6 Å². The van der Waals surface area contributed by atoms with E-state index in [-0.39, 0.29) is 5.91 Å². The number of rotatable bonds is 9. The van der Waals surface area contributed by atoms with Gasteiger partial charge in [-0.1, -0.05) is 18.2 Å². The minimum absolute atomic E-state index is 0.0923. The fourth-order valence-electron chi connectivity index (χ4n) is 2.95. The predicted octanol–water partition coefficient (Wildman–Crippen LogP) is 3.18. The highest BCUT2D eigenvalue weighted by molar-refractivity contribution is 5.90. The number of carbonyl (C=O) groups excluding carboxylic acids is 1. The first-order chi connectivity index (χ1) is 14.5. The summed E-state index contributed by atoms with van der Waals surface area (Å²) in [5, 5.41) is 9.28. The second kappa shape index (κ2) is 10.6. The second-order valence-electron chi connectivity index (χ2n) is 7.68. The van der Waals surface area contributed by atoms with E-state index in [1.165, 1.54) is 18.4 Å². The summed E-state index contributed by atoms with van der Waals surface area (Å²) < 4.78 is 6.03. The van der Waals surface area contributed by atoms with Gasteiger partial charge in [0.15, 0.2) is 5.96 Å². The van der Waals surface area contributed by atoms with Crippen LogP contribution in [0.5, 0.6) is 5.75 Å². The van der Waals surface area contributed by atoms with E-state index < -0.39 is 0 Å². The van der Waals surface area contributed by atoms with Crippen molar-refractivity contribution in [2.45, 2.75) is 39.7 Å². The van der Waals surface area contributed by atoms with Gasteiger partial charge in [-0.25, -0.2) is 4.98 Å². The third kappa shape index (κ3) is 7.06. The van der Waals surface area contributed by atoms with E-state index in [0.717, 1.165) is 23.6 Å². The van der Waals surface area contributed by atoms with Gasteiger partial charge < -0.3 is 20.7 Å². The Bertz CT molecular complexity index is 893. The maximum atomic E-state index is 12.1. The van der Waals surface area contributed by atoms with Crippen molar-refractivity contribution in [3.63, 3.8) is 0 Å². The quantitative estimate of drug-likeness (QED) is 0.437. The van der Waals surface area contributed by atoms with Gasteiger partial charge in [0, 0.05) is 37.8 Å². The number of pyridine rings is 1. The van der Waals surface area contributed by atoms with Crippen LogP contribution in [0.25, 0.3) is 0 Å². The highest BCUT2D eigenvalue weighted by atomic mass is 16.5. The fourth-order valence-corrected chi connectivity index (χ4v) is 2.95. The van der Waals surface area contributed by atoms with Crippen LogP contribution >= 0.6 is 0 Å². The van der Waals surface area contributed by atoms with Crippen molar-refractivity contribution in [3.8, 4) is 5.75 Å². The number of aryl methyl sites for hydroxylation is 2. The number of amides is 1. The molecule has 0 radical (unpaired) electrons. The lowest BCUT2D eigenvalue weighted by Crippen LogP contribution is -2.38. The molecule has 0 aliphatic heterocycles. The molecule has 1 fully saturated rings. The van der Waals surface area contributed by atoms with Gasteiger partial charge in [-0.3, -0.25) is 9.79 Å². The zero-order valence-electron chi connectivity index (χ0n) is 18.0. The van der Waals surface area contributed by atoms with Gasteiger partial charge in [-0.05, 0) is 56.4 Å². The average molecular weight is 410 g/mol. The van der Waals surface area contributed by atoms with Crippen LogP contribution in [0.4, 0.5) is 5.82 Å². The molecule has 7 heteroatoms. The highest BCUT2D eigenvalue weighted by Gasteiger charge is 2.22. The molecule has 7 nitrogen and oxygen atoms in total. The van der Waals surface area contributed by atoms with Gasteiger partial charge in [0.25, 0.3) is 0 Å². The van der Waals surface area contributed by atoms with Gasteiger partial charge in [0.2, 0.25) is 5.91 Å². The number of hydrogen-bond donors (Lipinski definition) is 3. The zero-order chi connectivity index (χ0) is 21.3. The van der Waals surface area contributed by atoms with Crippen LogP contribution in [0.1, 0.15) is 36.1 Å². The molecule has 0 unspecified atom stereocenters. The van der Waals surface area contributed by atoms with E-state index in [1.54, 1.807) is 13.1 Å². The molecule has 3 rings (SSSR count). The minimum Gasteiger partial charge on any atom is -0.493 e. The lowest BCUT2D eigenvalue weighted by atomic mass is 10.1. The summed E-state index contributed by atoms with van der Waals surface area (Å²) >= 11 is 0. The molecule has 0 bridgehead atoms. The van der Waals surface area contributed by atoms with Crippen LogP contribution in [0.2, 0.25) is 0 Å². The fraction of sp³-hybridized carbons (Fsp3) is 0.435. The first-order valence-electron chi connectivity index (χ1n) is 10.4. The number of anilines is 1. The molecule has 0 saturated heterocycles. The number of aliphatic imine (C=N–C) groups is 1. The van der Waals surface area contributed by atoms with Crippen molar-refractivity contribution in [1.29, 1.82) is 0 Å². The van der Waals surface area contributed by atoms with E-state index in [1.807, 2.05) is 19.1 Å². The topological polar surface area (TPSA) is 87.6 Å². The summed E-state index contributed by atoms with van der Waals surface area (Å²) in [6.45, 7) is 5.81. The lowest BCUT2D eigenvalue weighted by molar-refractivity contribution is -0.116. The zero-order valence-corrected chi connectivity index (χ0v) is 18.0. The third-order valence-electron chi connectivity index (χ3n) is 4.86. The van der Waals surface area contributed by atoms with Crippen LogP contribution in [0.15, 0.2) is 41.4 Å². The van der Waals surface area contributed by atoms with Crippen LogP contribution in [-0.4, -0.2) is 37.1 Å². The second-order valence-corrected chi connectivity index (χ2v) is 7.68. The number of aromatic nitrogens is 1. The largest absolute Gasteiger partial charge is 0.493 e. The van der Waals surface area contributed by atoms with Crippen LogP contribution in [0.3, 0.4) is 0 Å². The molecule has 1 heterocycles. The van der Waals surface area contributed by atoms with Crippen molar-refractivity contribution in [2.24, 2.45) is 10.9 Å². The molecule has 1 saturated carbocycles. The van der Waals surface area contributed by atoms with E-state index >= 15 is 0 Å². The van der Waals surface area contributed by atoms with Crippen LogP contribution < -0.4 is 20.7 Å². The minimum atomic E-state index is -0.0923. The maximum absolute atomic E-state index is 12.1. The Labute approximate surface area is 178 Å². The number of hydrogen-bond acceptors (Lipinski definition) is 4. The smallest absolute Gasteiger partial charge is 0.227 e. The van der Waals surface area contributed by atoms with E-state index in [2.05, 4.69) is 51.0 Å². The molecule has 2 aromatic rings.